The zero-order valence-corrected chi connectivity index (χ0v) is 8.61. The summed E-state index contributed by atoms with van der Waals surface area (Å²) < 4.78 is 55.3. The van der Waals surface area contributed by atoms with Crippen molar-refractivity contribution < 1.29 is 26.7 Å². The fourth-order valence-electron chi connectivity index (χ4n) is 0.233. The molecule has 0 aliphatic heterocycles. The van der Waals surface area contributed by atoms with Gasteiger partial charge < -0.3 is 0 Å². The minimum Gasteiger partial charge on any atom is -0.247 e. The average molecular weight is 279 g/mol. The fraction of sp³-hybridized carbons (Fsp3) is 0.667. The number of alkyl halides is 5. The van der Waals surface area contributed by atoms with E-state index in [4.69, 9.17) is 0 Å². The maximum absolute atomic E-state index is 12.6. The smallest absolute Gasteiger partial charge is 0.247 e. The summed E-state index contributed by atoms with van der Waals surface area (Å²) >= 11 is 3.49. The molecule has 1 atom stereocenters. The summed E-state index contributed by atoms with van der Waals surface area (Å²) in [6.45, 7) is 0. The lowest BCUT2D eigenvalue weighted by Crippen LogP contribution is -2.12. The minimum atomic E-state index is -4.89. The van der Waals surface area contributed by atoms with Gasteiger partial charge in [-0.05, 0) is 10.8 Å². The first-order chi connectivity index (χ1) is 5.62. The molecule has 0 amide bonds. The molecular weight excluding hydrogens is 279 g/mol. The van der Waals surface area contributed by atoms with E-state index >= 15 is 0 Å². The SMILES string of the molecule is O=C(F)SSC(F)(Cl)SC(F)(F)F. The van der Waals surface area contributed by atoms with Crippen molar-refractivity contribution in [3.63, 3.8) is 0 Å². The van der Waals surface area contributed by atoms with Crippen LogP contribution in [0.2, 0.25) is 0 Å². The van der Waals surface area contributed by atoms with E-state index in [9.17, 15) is 26.7 Å². The van der Waals surface area contributed by atoms with Crippen molar-refractivity contribution in [2.24, 2.45) is 0 Å². The molecular formula is C3ClF5OS3. The molecule has 0 aliphatic rings. The maximum atomic E-state index is 12.6. The summed E-state index contributed by atoms with van der Waals surface area (Å²) in [6, 6.07) is 0. The van der Waals surface area contributed by atoms with Crippen molar-refractivity contribution in [3.05, 3.63) is 0 Å². The highest BCUT2D eigenvalue weighted by Crippen LogP contribution is 2.54. The summed E-state index contributed by atoms with van der Waals surface area (Å²) in [4.78, 5) is 9.62. The second-order valence-electron chi connectivity index (χ2n) is 1.42. The molecule has 1 nitrogen and oxygen atoms in total. The van der Waals surface area contributed by atoms with Crippen molar-refractivity contribution in [2.75, 3.05) is 0 Å². The summed E-state index contributed by atoms with van der Waals surface area (Å²) in [5, 5.41) is -2.02. The Balaban J connectivity index is 4.01. The first kappa shape index (κ1) is 13.7. The third-order valence-corrected chi connectivity index (χ3v) is 4.20. The monoisotopic (exact) mass is 278 g/mol. The minimum absolute atomic E-state index is 0.338. The van der Waals surface area contributed by atoms with Gasteiger partial charge >= 0.3 is 10.9 Å². The number of rotatable bonds is 3. The lowest BCUT2D eigenvalue weighted by Gasteiger charge is -2.15. The first-order valence-corrected chi connectivity index (χ1v) is 5.67. The molecule has 10 heteroatoms. The van der Waals surface area contributed by atoms with Crippen molar-refractivity contribution in [1.29, 1.82) is 0 Å². The van der Waals surface area contributed by atoms with Gasteiger partial charge in [0.1, 0.15) is 0 Å². The van der Waals surface area contributed by atoms with E-state index in [2.05, 4.69) is 11.6 Å². The molecule has 0 N–H and O–H groups in total. The number of thioether (sulfide) groups is 1. The molecule has 0 aromatic heterocycles. The summed E-state index contributed by atoms with van der Waals surface area (Å²) in [6.07, 6.45) is 0. The number of halogens is 6. The molecule has 0 aromatic rings. The van der Waals surface area contributed by atoms with E-state index < -0.39 is 26.4 Å². The Kier molecular flexibility index (Phi) is 5.19. The van der Waals surface area contributed by atoms with E-state index in [0.29, 0.717) is 0 Å². The van der Waals surface area contributed by atoms with E-state index in [1.807, 2.05) is 0 Å². The second kappa shape index (κ2) is 4.94. The molecule has 0 aliphatic carbocycles. The van der Waals surface area contributed by atoms with Crippen LogP contribution in [-0.2, 0) is 0 Å². The van der Waals surface area contributed by atoms with Crippen LogP contribution in [-0.4, -0.2) is 14.7 Å². The van der Waals surface area contributed by atoms with Gasteiger partial charge in [0.25, 0.3) is 3.79 Å². The van der Waals surface area contributed by atoms with E-state index in [-0.39, 0.29) is 21.6 Å². The molecule has 0 spiro atoms. The molecule has 0 bridgehead atoms. The van der Waals surface area contributed by atoms with Crippen LogP contribution in [0.25, 0.3) is 0 Å². The van der Waals surface area contributed by atoms with Crippen LogP contribution in [0.4, 0.5) is 26.7 Å². The quantitative estimate of drug-likeness (QED) is 0.248. The van der Waals surface area contributed by atoms with E-state index in [0.717, 1.165) is 0 Å². The van der Waals surface area contributed by atoms with Gasteiger partial charge in [0.2, 0.25) is 0 Å². The zero-order valence-electron chi connectivity index (χ0n) is 5.40. The second-order valence-corrected chi connectivity index (χ2v) is 6.09. The highest BCUT2D eigenvalue weighted by molar-refractivity contribution is 8.84. The third-order valence-electron chi connectivity index (χ3n) is 0.439. The normalized spacial score (nSPS) is 16.8. The number of hydrogen-bond donors (Lipinski definition) is 0. The molecule has 0 heterocycles. The standard InChI is InChI=1S/C3ClF5OS3/c4-2(6,12-3(7,8)9)13-11-1(5)10. The Labute approximate surface area is 86.5 Å². The van der Waals surface area contributed by atoms with Crippen LogP contribution in [0.5, 0.6) is 0 Å². The molecule has 0 radical (unpaired) electrons. The van der Waals surface area contributed by atoms with E-state index in [1.165, 1.54) is 0 Å². The predicted molar refractivity (Wildman–Crippen MR) is 45.0 cm³/mol. The van der Waals surface area contributed by atoms with Gasteiger partial charge in [0, 0.05) is 22.6 Å². The average Bonchev–Trinajstić information content (AvgIpc) is 1.78. The highest BCUT2D eigenvalue weighted by Gasteiger charge is 2.44. The van der Waals surface area contributed by atoms with Crippen LogP contribution < -0.4 is 0 Å². The van der Waals surface area contributed by atoms with Gasteiger partial charge in [0.15, 0.2) is 0 Å². The Morgan fingerprint density at radius 1 is 1.23 bits per heavy atom. The molecule has 0 fully saturated rings. The van der Waals surface area contributed by atoms with Gasteiger partial charge in [-0.2, -0.15) is 17.6 Å². The van der Waals surface area contributed by atoms with Crippen LogP contribution in [0.15, 0.2) is 0 Å². The first-order valence-electron chi connectivity index (χ1n) is 2.32. The van der Waals surface area contributed by atoms with Crippen molar-refractivity contribution in [3.8, 4) is 0 Å². The zero-order chi connectivity index (χ0) is 10.7. The van der Waals surface area contributed by atoms with Crippen LogP contribution >= 0.6 is 45.0 Å². The van der Waals surface area contributed by atoms with E-state index in [1.54, 1.807) is 0 Å². The fourth-order valence-corrected chi connectivity index (χ4v) is 2.73. The molecule has 78 valence electrons. The number of hydrogen-bond acceptors (Lipinski definition) is 4. The maximum Gasteiger partial charge on any atom is 0.446 e. The van der Waals surface area contributed by atoms with Crippen LogP contribution in [0.3, 0.4) is 0 Å². The number of carbonyl (C=O) groups excluding carboxylic acids is 1. The van der Waals surface area contributed by atoms with Gasteiger partial charge in [-0.15, -0.1) is 0 Å². The largest absolute Gasteiger partial charge is 0.446 e. The Morgan fingerprint density at radius 3 is 2.00 bits per heavy atom. The van der Waals surface area contributed by atoms with Gasteiger partial charge in [-0.1, -0.05) is 11.6 Å². The Hall–Kier alpha value is 0.660. The molecule has 0 saturated heterocycles. The van der Waals surface area contributed by atoms with Gasteiger partial charge in [-0.25, -0.2) is 9.18 Å². The molecule has 0 rings (SSSR count). The lowest BCUT2D eigenvalue weighted by molar-refractivity contribution is -0.0339. The van der Waals surface area contributed by atoms with Crippen molar-refractivity contribution in [2.45, 2.75) is 9.30 Å². The molecule has 13 heavy (non-hydrogen) atoms. The third kappa shape index (κ3) is 8.98. The van der Waals surface area contributed by atoms with Gasteiger partial charge in [-0.3, -0.25) is 0 Å². The Bertz CT molecular complexity index is 194. The van der Waals surface area contributed by atoms with Crippen LogP contribution in [0.1, 0.15) is 0 Å². The summed E-state index contributed by atoms with van der Waals surface area (Å²) in [7, 11) is -0.690. The summed E-state index contributed by atoms with van der Waals surface area (Å²) in [5.74, 6) is 0. The van der Waals surface area contributed by atoms with Crippen molar-refractivity contribution >= 4 is 50.3 Å². The topological polar surface area (TPSA) is 17.1 Å². The molecule has 1 unspecified atom stereocenters. The lowest BCUT2D eigenvalue weighted by atomic mass is 11.5. The Morgan fingerprint density at radius 2 is 1.69 bits per heavy atom. The van der Waals surface area contributed by atoms with Gasteiger partial charge in [0.05, 0.1) is 0 Å². The predicted octanol–water partition coefficient (Wildman–Crippen LogP) is 4.53. The summed E-state index contributed by atoms with van der Waals surface area (Å²) in [5.41, 5.74) is -4.89. The van der Waals surface area contributed by atoms with Crippen LogP contribution in [0, 0.1) is 0 Å². The molecule has 0 aromatic carbocycles. The molecule has 0 saturated carbocycles. The number of carbonyl (C=O) groups is 1. The van der Waals surface area contributed by atoms with Crippen molar-refractivity contribution in [1.82, 2.24) is 0 Å². The highest BCUT2D eigenvalue weighted by atomic mass is 35.5.